The number of anilines is 2. The number of carbonyl (C=O) groups excluding carboxylic acids is 1. The third kappa shape index (κ3) is 6.12. The van der Waals surface area contributed by atoms with Crippen LogP contribution in [0.4, 0.5) is 11.5 Å². The highest BCUT2D eigenvalue weighted by atomic mass is 16.5. The minimum Gasteiger partial charge on any atom is -0.379 e. The molecule has 32 heavy (non-hydrogen) atoms. The van der Waals surface area contributed by atoms with Gasteiger partial charge < -0.3 is 15.4 Å². The maximum absolute atomic E-state index is 12.6. The number of nitrogens with one attached hydrogen (secondary N) is 2. The highest BCUT2D eigenvalue weighted by molar-refractivity contribution is 5.95. The number of aryl methyl sites for hydroxylation is 1. The predicted octanol–water partition coefficient (Wildman–Crippen LogP) is 3.65. The fourth-order valence-electron chi connectivity index (χ4n) is 3.63. The number of nitrogens with zero attached hydrogens (tertiary/aromatic N) is 3. The fourth-order valence-corrected chi connectivity index (χ4v) is 3.63. The SMILES string of the molecule is Cc1ccc(-c2cc(Nc3cccc(C(=O)NCCCN4CCOCC4)c3)ncn2)cc1. The average molecular weight is 432 g/mol. The van der Waals surface area contributed by atoms with Crippen molar-refractivity contribution in [2.45, 2.75) is 13.3 Å². The standard InChI is InChI=1S/C25H29N5O2/c1-19-6-8-20(9-7-19)23-17-24(28-18-27-23)29-22-5-2-4-21(16-22)25(31)26-10-3-11-30-12-14-32-15-13-30/h2,4-9,16-18H,3,10-15H2,1H3,(H,26,31)(H,27,28,29). The normalized spacial score (nSPS) is 14.2. The zero-order valence-corrected chi connectivity index (χ0v) is 18.4. The first-order chi connectivity index (χ1) is 15.7. The van der Waals surface area contributed by atoms with Crippen molar-refractivity contribution in [1.29, 1.82) is 0 Å². The van der Waals surface area contributed by atoms with E-state index in [0.717, 1.165) is 56.2 Å². The minimum atomic E-state index is -0.0707. The van der Waals surface area contributed by atoms with Crippen molar-refractivity contribution in [3.8, 4) is 11.3 Å². The van der Waals surface area contributed by atoms with Crippen LogP contribution in [0.15, 0.2) is 60.9 Å². The Morgan fingerprint density at radius 3 is 2.69 bits per heavy atom. The summed E-state index contributed by atoms with van der Waals surface area (Å²) in [5.41, 5.74) is 4.51. The van der Waals surface area contributed by atoms with Crippen molar-refractivity contribution in [2.75, 3.05) is 44.7 Å². The molecule has 0 bridgehead atoms. The van der Waals surface area contributed by atoms with Gasteiger partial charge in [-0.2, -0.15) is 0 Å². The molecule has 1 saturated heterocycles. The minimum absolute atomic E-state index is 0.0707. The summed E-state index contributed by atoms with van der Waals surface area (Å²) in [4.78, 5) is 23.6. The van der Waals surface area contributed by atoms with E-state index in [0.29, 0.717) is 17.9 Å². The lowest BCUT2D eigenvalue weighted by molar-refractivity contribution is 0.0374. The Morgan fingerprint density at radius 2 is 1.88 bits per heavy atom. The number of hydrogen-bond donors (Lipinski definition) is 2. The molecule has 1 aromatic heterocycles. The predicted molar refractivity (Wildman–Crippen MR) is 126 cm³/mol. The quantitative estimate of drug-likeness (QED) is 0.530. The summed E-state index contributed by atoms with van der Waals surface area (Å²) >= 11 is 0. The lowest BCUT2D eigenvalue weighted by Crippen LogP contribution is -2.38. The topological polar surface area (TPSA) is 79.4 Å². The second-order valence-corrected chi connectivity index (χ2v) is 7.92. The molecule has 1 aliphatic heterocycles. The van der Waals surface area contributed by atoms with Crippen LogP contribution in [0.1, 0.15) is 22.3 Å². The summed E-state index contributed by atoms with van der Waals surface area (Å²) < 4.78 is 5.36. The Hall–Kier alpha value is -3.29. The molecule has 0 aliphatic carbocycles. The molecule has 1 aliphatic rings. The summed E-state index contributed by atoms with van der Waals surface area (Å²) in [5.74, 6) is 0.609. The largest absolute Gasteiger partial charge is 0.379 e. The summed E-state index contributed by atoms with van der Waals surface area (Å²) in [6.45, 7) is 7.22. The van der Waals surface area contributed by atoms with Crippen LogP contribution in [-0.2, 0) is 4.74 Å². The van der Waals surface area contributed by atoms with Crippen LogP contribution in [0.2, 0.25) is 0 Å². The maximum Gasteiger partial charge on any atom is 0.251 e. The second-order valence-electron chi connectivity index (χ2n) is 7.92. The van der Waals surface area contributed by atoms with E-state index < -0.39 is 0 Å². The van der Waals surface area contributed by atoms with Crippen molar-refractivity contribution in [1.82, 2.24) is 20.2 Å². The summed E-state index contributed by atoms with van der Waals surface area (Å²) in [5, 5.41) is 6.30. The third-order valence-electron chi connectivity index (χ3n) is 5.45. The summed E-state index contributed by atoms with van der Waals surface area (Å²) in [6, 6.07) is 17.6. The Bertz CT molecular complexity index is 1030. The first-order valence-electron chi connectivity index (χ1n) is 11.0. The molecular formula is C25H29N5O2. The molecule has 7 heteroatoms. The van der Waals surface area contributed by atoms with Crippen LogP contribution in [-0.4, -0.2) is 60.2 Å². The van der Waals surface area contributed by atoms with Gasteiger partial charge in [-0.3, -0.25) is 9.69 Å². The fraction of sp³-hybridized carbons (Fsp3) is 0.320. The monoisotopic (exact) mass is 431 g/mol. The number of morpholine rings is 1. The van der Waals surface area contributed by atoms with Crippen LogP contribution in [0.3, 0.4) is 0 Å². The van der Waals surface area contributed by atoms with Crippen molar-refractivity contribution >= 4 is 17.4 Å². The van der Waals surface area contributed by atoms with Crippen molar-refractivity contribution in [3.05, 3.63) is 72.1 Å². The lowest BCUT2D eigenvalue weighted by atomic mass is 10.1. The Kier molecular flexibility index (Phi) is 7.42. The molecular weight excluding hydrogens is 402 g/mol. The van der Waals surface area contributed by atoms with Gasteiger partial charge in [0.15, 0.2) is 0 Å². The highest BCUT2D eigenvalue weighted by Crippen LogP contribution is 2.22. The van der Waals surface area contributed by atoms with E-state index in [4.69, 9.17) is 4.74 Å². The number of rotatable bonds is 8. The average Bonchev–Trinajstić information content (AvgIpc) is 2.83. The van der Waals surface area contributed by atoms with Crippen LogP contribution in [0.25, 0.3) is 11.3 Å². The lowest BCUT2D eigenvalue weighted by Gasteiger charge is -2.26. The molecule has 0 radical (unpaired) electrons. The zero-order chi connectivity index (χ0) is 22.2. The molecule has 2 aromatic carbocycles. The third-order valence-corrected chi connectivity index (χ3v) is 5.45. The molecule has 2 N–H and O–H groups in total. The van der Waals surface area contributed by atoms with Gasteiger partial charge in [-0.1, -0.05) is 35.9 Å². The molecule has 2 heterocycles. The van der Waals surface area contributed by atoms with E-state index >= 15 is 0 Å². The maximum atomic E-state index is 12.6. The van der Waals surface area contributed by atoms with Crippen LogP contribution in [0, 0.1) is 6.92 Å². The Balaban J connectivity index is 1.33. The van der Waals surface area contributed by atoms with Gasteiger partial charge in [0.25, 0.3) is 5.91 Å². The van der Waals surface area contributed by atoms with E-state index in [1.807, 2.05) is 42.5 Å². The van der Waals surface area contributed by atoms with Gasteiger partial charge in [0.1, 0.15) is 12.1 Å². The number of ether oxygens (including phenoxy) is 1. The number of aromatic nitrogens is 2. The van der Waals surface area contributed by atoms with Gasteiger partial charge >= 0.3 is 0 Å². The van der Waals surface area contributed by atoms with Crippen molar-refractivity contribution < 1.29 is 9.53 Å². The first kappa shape index (κ1) is 21.9. The zero-order valence-electron chi connectivity index (χ0n) is 18.4. The smallest absolute Gasteiger partial charge is 0.251 e. The Labute approximate surface area is 188 Å². The van der Waals surface area contributed by atoms with Crippen molar-refractivity contribution in [2.24, 2.45) is 0 Å². The number of amides is 1. The van der Waals surface area contributed by atoms with Crippen LogP contribution >= 0.6 is 0 Å². The van der Waals surface area contributed by atoms with Gasteiger partial charge in [-0.15, -0.1) is 0 Å². The van der Waals surface area contributed by atoms with E-state index in [1.165, 1.54) is 5.56 Å². The molecule has 7 nitrogen and oxygen atoms in total. The van der Waals surface area contributed by atoms with E-state index in [9.17, 15) is 4.79 Å². The van der Waals surface area contributed by atoms with E-state index in [-0.39, 0.29) is 5.91 Å². The first-order valence-corrected chi connectivity index (χ1v) is 11.0. The molecule has 1 amide bonds. The highest BCUT2D eigenvalue weighted by Gasteiger charge is 2.11. The molecule has 0 unspecified atom stereocenters. The molecule has 1 fully saturated rings. The van der Waals surface area contributed by atoms with Gasteiger partial charge in [-0.05, 0) is 38.1 Å². The van der Waals surface area contributed by atoms with E-state index in [2.05, 4.69) is 44.6 Å². The summed E-state index contributed by atoms with van der Waals surface area (Å²) in [6.07, 6.45) is 2.47. The van der Waals surface area contributed by atoms with Crippen LogP contribution in [0.5, 0.6) is 0 Å². The second kappa shape index (κ2) is 10.8. The van der Waals surface area contributed by atoms with Gasteiger partial charge in [0.05, 0.1) is 18.9 Å². The number of hydrogen-bond acceptors (Lipinski definition) is 6. The van der Waals surface area contributed by atoms with Gasteiger partial charge in [-0.25, -0.2) is 9.97 Å². The van der Waals surface area contributed by atoms with Crippen molar-refractivity contribution in [3.63, 3.8) is 0 Å². The van der Waals surface area contributed by atoms with Crippen LogP contribution < -0.4 is 10.6 Å². The number of benzene rings is 2. The molecule has 0 atom stereocenters. The van der Waals surface area contributed by atoms with Gasteiger partial charge in [0.2, 0.25) is 0 Å². The Morgan fingerprint density at radius 1 is 1.06 bits per heavy atom. The molecule has 4 rings (SSSR count). The van der Waals surface area contributed by atoms with E-state index in [1.54, 1.807) is 6.33 Å². The van der Waals surface area contributed by atoms with Gasteiger partial charge in [0, 0.05) is 42.5 Å². The molecule has 0 saturated carbocycles. The molecule has 0 spiro atoms. The molecule has 3 aromatic rings. The molecule has 166 valence electrons. The summed E-state index contributed by atoms with van der Waals surface area (Å²) in [7, 11) is 0. The number of carbonyl (C=O) groups is 1.